The van der Waals surface area contributed by atoms with E-state index in [-0.39, 0.29) is 5.69 Å². The number of nitrogens with one attached hydrogen (secondary N) is 1. The zero-order valence-corrected chi connectivity index (χ0v) is 9.57. The summed E-state index contributed by atoms with van der Waals surface area (Å²) in [6, 6.07) is 1.71. The van der Waals surface area contributed by atoms with Crippen molar-refractivity contribution in [1.82, 2.24) is 4.98 Å². The highest BCUT2D eigenvalue weighted by atomic mass is 35.5. The molecule has 0 aromatic carbocycles. The molecule has 2 rings (SSSR count). The molecule has 1 aromatic heterocycles. The van der Waals surface area contributed by atoms with Gasteiger partial charge in [-0.1, -0.05) is 18.5 Å². The van der Waals surface area contributed by atoms with Gasteiger partial charge in [-0.15, -0.1) is 0 Å². The molecule has 0 spiro atoms. The van der Waals surface area contributed by atoms with Gasteiger partial charge in [-0.25, -0.2) is 4.98 Å². The minimum absolute atomic E-state index is 0.0856. The lowest BCUT2D eigenvalue weighted by Crippen LogP contribution is -2.34. The molecule has 5 nitrogen and oxygen atoms in total. The number of halogens is 1. The lowest BCUT2D eigenvalue weighted by atomic mass is 9.82. The summed E-state index contributed by atoms with van der Waals surface area (Å²) in [5.41, 5.74) is -0.0856. The van der Waals surface area contributed by atoms with Gasteiger partial charge in [0.15, 0.2) is 0 Å². The Morgan fingerprint density at radius 2 is 2.31 bits per heavy atom. The van der Waals surface area contributed by atoms with Gasteiger partial charge in [-0.05, 0) is 18.8 Å². The molecule has 86 valence electrons. The van der Waals surface area contributed by atoms with E-state index in [9.17, 15) is 10.1 Å². The fourth-order valence-corrected chi connectivity index (χ4v) is 2.06. The number of aromatic nitrogens is 1. The summed E-state index contributed by atoms with van der Waals surface area (Å²) < 4.78 is 0. The molecule has 1 fully saturated rings. The van der Waals surface area contributed by atoms with Crippen LogP contribution in [0.1, 0.15) is 19.8 Å². The van der Waals surface area contributed by atoms with Crippen molar-refractivity contribution < 1.29 is 4.92 Å². The normalized spacial score (nSPS) is 23.6. The molecular formula is C10H12ClN3O2. The smallest absolute Gasteiger partial charge is 0.289 e. The Kier molecular flexibility index (Phi) is 2.96. The Balaban J connectivity index is 2.07. The van der Waals surface area contributed by atoms with Crippen molar-refractivity contribution in [3.8, 4) is 0 Å². The van der Waals surface area contributed by atoms with Gasteiger partial charge in [-0.2, -0.15) is 0 Å². The largest absolute Gasteiger partial charge is 0.366 e. The van der Waals surface area contributed by atoms with E-state index in [1.807, 2.05) is 0 Å². The molecule has 0 amide bonds. The highest BCUT2D eigenvalue weighted by Gasteiger charge is 2.26. The lowest BCUT2D eigenvalue weighted by molar-refractivity contribution is -0.385. The summed E-state index contributed by atoms with van der Waals surface area (Å²) >= 11 is 5.91. The Morgan fingerprint density at radius 1 is 1.62 bits per heavy atom. The molecule has 0 saturated heterocycles. The first kappa shape index (κ1) is 11.1. The zero-order chi connectivity index (χ0) is 11.7. The molecule has 1 aromatic rings. The number of pyridine rings is 1. The van der Waals surface area contributed by atoms with Gasteiger partial charge in [0.1, 0.15) is 12.0 Å². The molecule has 1 saturated carbocycles. The van der Waals surface area contributed by atoms with Gasteiger partial charge in [0, 0.05) is 12.1 Å². The van der Waals surface area contributed by atoms with Crippen molar-refractivity contribution in [2.24, 2.45) is 5.92 Å². The van der Waals surface area contributed by atoms with Crippen LogP contribution in [0.5, 0.6) is 0 Å². The van der Waals surface area contributed by atoms with Crippen LogP contribution in [0, 0.1) is 16.0 Å². The van der Waals surface area contributed by atoms with Crippen molar-refractivity contribution in [3.05, 3.63) is 27.4 Å². The Bertz CT molecular complexity index is 419. The standard InChI is InChI=1S/C10H12ClN3O2/c1-6-2-7(3-6)13-10-9(11)4-8(5-12-10)14(15)16/h4-7H,2-3H2,1H3,(H,12,13). The second-order valence-corrected chi connectivity index (χ2v) is 4.61. The summed E-state index contributed by atoms with van der Waals surface area (Å²) in [6.07, 6.45) is 3.40. The molecule has 6 heteroatoms. The van der Waals surface area contributed by atoms with E-state index in [0.717, 1.165) is 18.8 Å². The summed E-state index contributed by atoms with van der Waals surface area (Å²) in [4.78, 5) is 13.9. The van der Waals surface area contributed by atoms with Crippen molar-refractivity contribution >= 4 is 23.1 Å². The van der Waals surface area contributed by atoms with Gasteiger partial charge in [0.25, 0.3) is 5.69 Å². The van der Waals surface area contributed by atoms with Gasteiger partial charge < -0.3 is 5.32 Å². The third kappa shape index (κ3) is 2.24. The van der Waals surface area contributed by atoms with Crippen LogP contribution in [0.4, 0.5) is 11.5 Å². The van der Waals surface area contributed by atoms with Gasteiger partial charge >= 0.3 is 0 Å². The average Bonchev–Trinajstić information content (AvgIpc) is 2.18. The topological polar surface area (TPSA) is 68.1 Å². The quantitative estimate of drug-likeness (QED) is 0.653. The second-order valence-electron chi connectivity index (χ2n) is 4.20. The number of nitro groups is 1. The summed E-state index contributed by atoms with van der Waals surface area (Å²) in [6.45, 7) is 2.18. The number of hydrogen-bond donors (Lipinski definition) is 1. The third-order valence-corrected chi connectivity index (χ3v) is 3.04. The molecule has 0 aliphatic heterocycles. The van der Waals surface area contributed by atoms with Crippen LogP contribution in [-0.4, -0.2) is 15.9 Å². The van der Waals surface area contributed by atoms with Crippen LogP contribution in [0.3, 0.4) is 0 Å². The van der Waals surface area contributed by atoms with Crippen molar-refractivity contribution in [1.29, 1.82) is 0 Å². The van der Waals surface area contributed by atoms with Gasteiger partial charge in [0.2, 0.25) is 0 Å². The van der Waals surface area contributed by atoms with Crippen LogP contribution in [0.2, 0.25) is 5.02 Å². The molecule has 16 heavy (non-hydrogen) atoms. The number of anilines is 1. The number of hydrogen-bond acceptors (Lipinski definition) is 4. The van der Waals surface area contributed by atoms with Crippen molar-refractivity contribution in [3.63, 3.8) is 0 Å². The minimum atomic E-state index is -0.506. The van der Waals surface area contributed by atoms with Crippen LogP contribution in [0.15, 0.2) is 12.3 Å². The van der Waals surface area contributed by atoms with Gasteiger partial charge in [-0.3, -0.25) is 10.1 Å². The van der Waals surface area contributed by atoms with E-state index in [0.29, 0.717) is 16.9 Å². The van der Waals surface area contributed by atoms with Crippen LogP contribution in [0.25, 0.3) is 0 Å². The van der Waals surface area contributed by atoms with Crippen molar-refractivity contribution in [2.75, 3.05) is 5.32 Å². The minimum Gasteiger partial charge on any atom is -0.366 e. The first-order valence-corrected chi connectivity index (χ1v) is 5.50. The van der Waals surface area contributed by atoms with E-state index >= 15 is 0 Å². The molecule has 0 radical (unpaired) electrons. The highest BCUT2D eigenvalue weighted by molar-refractivity contribution is 6.33. The Morgan fingerprint density at radius 3 is 2.81 bits per heavy atom. The first-order valence-electron chi connectivity index (χ1n) is 5.12. The molecule has 1 N–H and O–H groups in total. The van der Waals surface area contributed by atoms with E-state index < -0.39 is 4.92 Å². The van der Waals surface area contributed by atoms with Crippen molar-refractivity contribution in [2.45, 2.75) is 25.8 Å². The first-order chi connectivity index (χ1) is 7.56. The second kappa shape index (κ2) is 4.25. The van der Waals surface area contributed by atoms with E-state index in [4.69, 9.17) is 11.6 Å². The van der Waals surface area contributed by atoms with E-state index in [2.05, 4.69) is 17.2 Å². The SMILES string of the molecule is CC1CC(Nc2ncc([N+](=O)[O-])cc2Cl)C1. The summed E-state index contributed by atoms with van der Waals surface area (Å²) in [7, 11) is 0. The summed E-state index contributed by atoms with van der Waals surface area (Å²) in [5.74, 6) is 1.26. The Labute approximate surface area is 98.0 Å². The molecule has 1 heterocycles. The summed E-state index contributed by atoms with van der Waals surface area (Å²) in [5, 5.41) is 14.0. The maximum Gasteiger partial charge on any atom is 0.289 e. The molecular weight excluding hydrogens is 230 g/mol. The molecule has 0 bridgehead atoms. The maximum absolute atomic E-state index is 10.5. The molecule has 1 aliphatic carbocycles. The number of rotatable bonds is 3. The highest BCUT2D eigenvalue weighted by Crippen LogP contribution is 2.31. The predicted octanol–water partition coefficient (Wildman–Crippen LogP) is 2.85. The fraction of sp³-hybridized carbons (Fsp3) is 0.500. The molecule has 1 aliphatic rings. The van der Waals surface area contributed by atoms with Gasteiger partial charge in [0.05, 0.1) is 9.95 Å². The van der Waals surface area contributed by atoms with Crippen LogP contribution in [-0.2, 0) is 0 Å². The van der Waals surface area contributed by atoms with Crippen LogP contribution >= 0.6 is 11.6 Å². The molecule has 0 unspecified atom stereocenters. The fourth-order valence-electron chi connectivity index (χ4n) is 1.85. The van der Waals surface area contributed by atoms with E-state index in [1.54, 1.807) is 0 Å². The van der Waals surface area contributed by atoms with E-state index in [1.165, 1.54) is 12.3 Å². The van der Waals surface area contributed by atoms with Crippen LogP contribution < -0.4 is 5.32 Å². The lowest BCUT2D eigenvalue weighted by Gasteiger charge is -2.33. The zero-order valence-electron chi connectivity index (χ0n) is 8.81. The molecule has 0 atom stereocenters. The predicted molar refractivity (Wildman–Crippen MR) is 61.7 cm³/mol. The average molecular weight is 242 g/mol. The number of nitrogens with zero attached hydrogens (tertiary/aromatic N) is 2. The third-order valence-electron chi connectivity index (χ3n) is 2.75. The maximum atomic E-state index is 10.5. The Hall–Kier alpha value is -1.36. The monoisotopic (exact) mass is 241 g/mol.